The molecule has 6 aromatic carbocycles. The van der Waals surface area contributed by atoms with Crippen LogP contribution in [0.3, 0.4) is 0 Å². The molecule has 0 saturated heterocycles. The number of anilines is 2. The maximum absolute atomic E-state index is 12.6. The summed E-state index contributed by atoms with van der Waals surface area (Å²) in [5.41, 5.74) is 1.42. The molecule has 2 amide bonds. The van der Waals surface area contributed by atoms with E-state index in [4.69, 9.17) is 9.47 Å². The molecule has 0 bridgehead atoms. The summed E-state index contributed by atoms with van der Waals surface area (Å²) in [5.74, 6) is 1.47. The summed E-state index contributed by atoms with van der Waals surface area (Å²) in [6, 6.07) is 42.0. The molecule has 6 rings (SSSR count). The molecule has 47 heavy (non-hydrogen) atoms. The van der Waals surface area contributed by atoms with E-state index in [0.29, 0.717) is 22.1 Å². The highest BCUT2D eigenvalue weighted by Gasteiger charge is 2.13. The van der Waals surface area contributed by atoms with Crippen LogP contribution in [0.15, 0.2) is 143 Å². The van der Waals surface area contributed by atoms with Crippen LogP contribution in [-0.4, -0.2) is 41.7 Å². The number of rotatable bonds is 10. The van der Waals surface area contributed by atoms with Gasteiger partial charge in [0.15, 0.2) is 0 Å². The molecule has 0 heterocycles. The van der Waals surface area contributed by atoms with Crippen LogP contribution in [0.4, 0.5) is 11.4 Å². The van der Waals surface area contributed by atoms with Crippen molar-refractivity contribution < 1.29 is 23.3 Å². The Morgan fingerprint density at radius 3 is 1.68 bits per heavy atom. The summed E-state index contributed by atoms with van der Waals surface area (Å²) in [7, 11) is 1.80. The highest BCUT2D eigenvalue weighted by atomic mass is 32.2. The minimum atomic E-state index is -1.40. The van der Waals surface area contributed by atoms with Crippen LogP contribution in [0.1, 0.15) is 0 Å². The van der Waals surface area contributed by atoms with Gasteiger partial charge in [-0.3, -0.25) is 13.8 Å². The fourth-order valence-electron chi connectivity index (χ4n) is 4.80. The van der Waals surface area contributed by atoms with E-state index >= 15 is 0 Å². The van der Waals surface area contributed by atoms with E-state index in [2.05, 4.69) is 28.8 Å². The zero-order valence-electron chi connectivity index (χ0n) is 26.0. The Bertz CT molecular complexity index is 1990. The number of nitrogens with one attached hydrogen (secondary N) is 2. The fourth-order valence-corrected chi connectivity index (χ4v) is 6.80. The van der Waals surface area contributed by atoms with Crippen molar-refractivity contribution in [2.75, 3.05) is 36.4 Å². The Hall–Kier alpha value is -5.12. The minimum Gasteiger partial charge on any atom is -0.497 e. The monoisotopic (exact) mass is 662 g/mol. The third kappa shape index (κ3) is 9.22. The lowest BCUT2D eigenvalue weighted by atomic mass is 10.1. The van der Waals surface area contributed by atoms with Crippen LogP contribution in [0, 0.1) is 0 Å². The number of thioether (sulfide) groups is 1. The average molecular weight is 663 g/mol. The first-order chi connectivity index (χ1) is 22.9. The van der Waals surface area contributed by atoms with Crippen LogP contribution in [-0.2, 0) is 20.4 Å². The third-order valence-electron chi connectivity index (χ3n) is 7.11. The lowest BCUT2D eigenvalue weighted by Crippen LogP contribution is -2.19. The highest BCUT2D eigenvalue weighted by molar-refractivity contribution is 8.00. The fraction of sp³-hybridized carbons (Fsp3) is 0.105. The SMILES string of the molecule is COc1ccc(NC(=O)CS(=O)c2cccc3ccccc23)cc1.COc1ccc(NC(=O)CSc2cccc3ccccc23)cc1. The van der Waals surface area contributed by atoms with Crippen molar-refractivity contribution in [3.8, 4) is 11.5 Å². The molecule has 0 spiro atoms. The topological polar surface area (TPSA) is 93.7 Å². The molecule has 6 aromatic rings. The smallest absolute Gasteiger partial charge is 0.237 e. The zero-order chi connectivity index (χ0) is 33.0. The first kappa shape index (κ1) is 33.2. The van der Waals surface area contributed by atoms with Gasteiger partial charge in [-0.15, -0.1) is 11.8 Å². The second-order valence-corrected chi connectivity index (χ2v) is 12.7. The molecular formula is C38H34N2O5S2. The Morgan fingerprint density at radius 2 is 1.09 bits per heavy atom. The van der Waals surface area contributed by atoms with Crippen molar-refractivity contribution in [3.05, 3.63) is 133 Å². The Labute approximate surface area is 280 Å². The summed E-state index contributed by atoms with van der Waals surface area (Å²) >= 11 is 1.55. The van der Waals surface area contributed by atoms with Gasteiger partial charge in [0.05, 0.1) is 30.8 Å². The van der Waals surface area contributed by atoms with Crippen LogP contribution < -0.4 is 20.1 Å². The van der Waals surface area contributed by atoms with Gasteiger partial charge in [-0.1, -0.05) is 72.8 Å². The Morgan fingerprint density at radius 1 is 0.596 bits per heavy atom. The molecule has 0 saturated carbocycles. The van der Waals surface area contributed by atoms with Crippen molar-refractivity contribution >= 4 is 67.3 Å². The number of carbonyl (C=O) groups is 2. The number of hydrogen-bond acceptors (Lipinski definition) is 6. The second kappa shape index (κ2) is 16.4. The molecule has 1 unspecified atom stereocenters. The van der Waals surface area contributed by atoms with Crippen LogP contribution in [0.25, 0.3) is 21.5 Å². The van der Waals surface area contributed by atoms with Gasteiger partial charge in [-0.05, 0) is 82.2 Å². The summed E-state index contributed by atoms with van der Waals surface area (Å²) < 4.78 is 22.8. The van der Waals surface area contributed by atoms with Gasteiger partial charge in [-0.25, -0.2) is 0 Å². The molecule has 7 nitrogen and oxygen atoms in total. The number of carbonyl (C=O) groups excluding carboxylic acids is 2. The first-order valence-corrected chi connectivity index (χ1v) is 17.1. The van der Waals surface area contributed by atoms with E-state index in [1.54, 1.807) is 56.3 Å². The van der Waals surface area contributed by atoms with Crippen molar-refractivity contribution in [3.63, 3.8) is 0 Å². The van der Waals surface area contributed by atoms with Gasteiger partial charge in [0.2, 0.25) is 11.8 Å². The summed E-state index contributed by atoms with van der Waals surface area (Å²) in [6.45, 7) is 0. The molecular weight excluding hydrogens is 629 g/mol. The van der Waals surface area contributed by atoms with E-state index in [9.17, 15) is 13.8 Å². The van der Waals surface area contributed by atoms with Gasteiger partial charge >= 0.3 is 0 Å². The molecule has 0 aliphatic heterocycles. The van der Waals surface area contributed by atoms with Crippen molar-refractivity contribution in [1.82, 2.24) is 0 Å². The van der Waals surface area contributed by atoms with E-state index in [-0.39, 0.29) is 17.6 Å². The summed E-state index contributed by atoms with van der Waals surface area (Å²) in [4.78, 5) is 26.1. The molecule has 0 aromatic heterocycles. The van der Waals surface area contributed by atoms with Gasteiger partial charge in [0, 0.05) is 21.2 Å². The zero-order valence-corrected chi connectivity index (χ0v) is 27.6. The van der Waals surface area contributed by atoms with Crippen LogP contribution >= 0.6 is 11.8 Å². The number of amides is 2. The Kier molecular flexibility index (Phi) is 11.6. The van der Waals surface area contributed by atoms with Gasteiger partial charge in [0.1, 0.15) is 17.3 Å². The molecule has 238 valence electrons. The van der Waals surface area contributed by atoms with Crippen molar-refractivity contribution in [2.45, 2.75) is 9.79 Å². The van der Waals surface area contributed by atoms with E-state index < -0.39 is 10.8 Å². The number of methoxy groups -OCH3 is 2. The molecule has 0 radical (unpaired) electrons. The highest BCUT2D eigenvalue weighted by Crippen LogP contribution is 2.28. The molecule has 9 heteroatoms. The van der Waals surface area contributed by atoms with E-state index in [1.165, 1.54) is 10.8 Å². The normalized spacial score (nSPS) is 11.2. The molecule has 2 N–H and O–H groups in total. The number of ether oxygens (including phenoxy) is 2. The van der Waals surface area contributed by atoms with Crippen molar-refractivity contribution in [1.29, 1.82) is 0 Å². The first-order valence-electron chi connectivity index (χ1n) is 14.8. The maximum Gasteiger partial charge on any atom is 0.237 e. The number of hydrogen-bond donors (Lipinski definition) is 2. The Balaban J connectivity index is 0.000000185. The van der Waals surface area contributed by atoms with Crippen LogP contribution in [0.2, 0.25) is 0 Å². The van der Waals surface area contributed by atoms with Crippen LogP contribution in [0.5, 0.6) is 11.5 Å². The standard InChI is InChI=1S/C19H17NO3S.C19H17NO2S/c1-23-16-11-9-15(10-12-16)20-19(21)13-24(22)18-8-4-6-14-5-2-3-7-17(14)18;1-22-16-11-9-15(10-12-16)20-19(21)13-23-18-8-4-6-14-5-2-3-7-17(14)18/h2-12H,13H2,1H3,(H,20,21);2-12H,13H2,1H3,(H,20,21). The quantitative estimate of drug-likeness (QED) is 0.144. The van der Waals surface area contributed by atoms with Crippen molar-refractivity contribution in [2.24, 2.45) is 0 Å². The summed E-state index contributed by atoms with van der Waals surface area (Å²) in [6.07, 6.45) is 0. The largest absolute Gasteiger partial charge is 0.497 e. The molecule has 0 fully saturated rings. The van der Waals surface area contributed by atoms with Gasteiger partial charge in [-0.2, -0.15) is 0 Å². The average Bonchev–Trinajstić information content (AvgIpc) is 3.11. The second-order valence-electron chi connectivity index (χ2n) is 10.3. The number of fused-ring (bicyclic) bond motifs is 2. The van der Waals surface area contributed by atoms with Gasteiger partial charge in [0.25, 0.3) is 0 Å². The molecule has 0 aliphatic carbocycles. The summed E-state index contributed by atoms with van der Waals surface area (Å²) in [5, 5.41) is 9.94. The lowest BCUT2D eigenvalue weighted by Gasteiger charge is -2.08. The minimum absolute atomic E-state index is 0.0203. The molecule has 0 aliphatic rings. The molecule has 1 atom stereocenters. The van der Waals surface area contributed by atoms with Gasteiger partial charge < -0.3 is 20.1 Å². The number of benzene rings is 6. The van der Waals surface area contributed by atoms with E-state index in [1.807, 2.05) is 84.9 Å². The van der Waals surface area contributed by atoms with E-state index in [0.717, 1.165) is 27.1 Å². The third-order valence-corrected chi connectivity index (χ3v) is 9.56. The predicted octanol–water partition coefficient (Wildman–Crippen LogP) is 8.17. The maximum atomic E-state index is 12.6. The predicted molar refractivity (Wildman–Crippen MR) is 193 cm³/mol. The lowest BCUT2D eigenvalue weighted by molar-refractivity contribution is -0.114.